The van der Waals surface area contributed by atoms with Gasteiger partial charge in [0.1, 0.15) is 11.8 Å². The van der Waals surface area contributed by atoms with Crippen LogP contribution in [0.25, 0.3) is 10.9 Å². The number of rotatable bonds is 3. The van der Waals surface area contributed by atoms with Crippen molar-refractivity contribution in [2.24, 2.45) is 0 Å². The van der Waals surface area contributed by atoms with Crippen LogP contribution in [-0.2, 0) is 11.2 Å². The number of carboxylic acid groups (broad SMARTS) is 1. The molecule has 2 atom stereocenters. The summed E-state index contributed by atoms with van der Waals surface area (Å²) in [6, 6.07) is 9.68. The minimum Gasteiger partial charge on any atom is -0.508 e. The first-order chi connectivity index (χ1) is 12.5. The number of benzene rings is 2. The summed E-state index contributed by atoms with van der Waals surface area (Å²) in [6.45, 7) is 0. The van der Waals surface area contributed by atoms with E-state index in [1.165, 1.54) is 18.2 Å². The maximum atomic E-state index is 11.6. The van der Waals surface area contributed by atoms with Gasteiger partial charge in [-0.15, -0.1) is 0 Å². The minimum atomic E-state index is -1.02. The SMILES string of the molecule is O=C(O)[C@@H]1Cc2c([nH]c3ccccc23)[C@@H](c2cc([N+](=O)[O-])ccc2O)N1. The second kappa shape index (κ2) is 5.85. The van der Waals surface area contributed by atoms with Crippen molar-refractivity contribution < 1.29 is 19.9 Å². The second-order valence-electron chi connectivity index (χ2n) is 6.26. The smallest absolute Gasteiger partial charge is 0.321 e. The summed E-state index contributed by atoms with van der Waals surface area (Å²) in [5.74, 6) is -1.15. The summed E-state index contributed by atoms with van der Waals surface area (Å²) in [4.78, 5) is 25.4. The van der Waals surface area contributed by atoms with E-state index >= 15 is 0 Å². The summed E-state index contributed by atoms with van der Waals surface area (Å²) in [6.07, 6.45) is 0.279. The molecule has 1 aliphatic heterocycles. The number of hydrogen-bond acceptors (Lipinski definition) is 5. The maximum absolute atomic E-state index is 11.6. The molecule has 0 aliphatic carbocycles. The first-order valence-electron chi connectivity index (χ1n) is 8.01. The van der Waals surface area contributed by atoms with Crippen LogP contribution in [0.4, 0.5) is 5.69 Å². The van der Waals surface area contributed by atoms with Gasteiger partial charge in [0.05, 0.1) is 11.0 Å². The molecule has 4 N–H and O–H groups in total. The van der Waals surface area contributed by atoms with Gasteiger partial charge in [0, 0.05) is 40.7 Å². The molecule has 1 aromatic heterocycles. The number of carbonyl (C=O) groups is 1. The van der Waals surface area contributed by atoms with Gasteiger partial charge in [-0.1, -0.05) is 18.2 Å². The third-order valence-corrected chi connectivity index (χ3v) is 4.74. The van der Waals surface area contributed by atoms with Gasteiger partial charge in [-0.05, 0) is 17.7 Å². The number of aromatic hydroxyl groups is 1. The molecule has 0 saturated heterocycles. The molecule has 132 valence electrons. The Kier molecular flexibility index (Phi) is 3.62. The zero-order chi connectivity index (χ0) is 18.4. The molecule has 0 unspecified atom stereocenters. The Labute approximate surface area is 147 Å². The molecule has 3 aromatic rings. The summed E-state index contributed by atoms with van der Waals surface area (Å²) in [5, 5.41) is 34.8. The van der Waals surface area contributed by atoms with E-state index in [2.05, 4.69) is 10.3 Å². The number of fused-ring (bicyclic) bond motifs is 3. The Morgan fingerprint density at radius 2 is 2.00 bits per heavy atom. The predicted octanol–water partition coefficient (Wildman–Crippen LogP) is 2.47. The van der Waals surface area contributed by atoms with Crippen molar-refractivity contribution in [3.8, 4) is 5.75 Å². The van der Waals surface area contributed by atoms with Crippen LogP contribution in [0.15, 0.2) is 42.5 Å². The third kappa shape index (κ3) is 2.47. The molecular weight excluding hydrogens is 338 g/mol. The Morgan fingerprint density at radius 1 is 1.23 bits per heavy atom. The molecule has 0 radical (unpaired) electrons. The molecule has 8 heteroatoms. The van der Waals surface area contributed by atoms with E-state index in [0.29, 0.717) is 5.69 Å². The number of nitrogens with one attached hydrogen (secondary N) is 2. The number of H-pyrrole nitrogens is 1. The lowest BCUT2D eigenvalue weighted by molar-refractivity contribution is -0.385. The lowest BCUT2D eigenvalue weighted by Crippen LogP contribution is -2.45. The molecule has 26 heavy (non-hydrogen) atoms. The number of phenols is 1. The van der Waals surface area contributed by atoms with E-state index < -0.39 is 23.0 Å². The minimum absolute atomic E-state index is 0.135. The number of nitro groups is 1. The molecular formula is C18H15N3O5. The number of phenolic OH excluding ortho intramolecular Hbond substituents is 1. The van der Waals surface area contributed by atoms with Crippen LogP contribution in [-0.4, -0.2) is 32.1 Å². The van der Waals surface area contributed by atoms with Crippen molar-refractivity contribution in [1.82, 2.24) is 10.3 Å². The topological polar surface area (TPSA) is 128 Å². The van der Waals surface area contributed by atoms with E-state index in [4.69, 9.17) is 0 Å². The van der Waals surface area contributed by atoms with Crippen LogP contribution in [0.3, 0.4) is 0 Å². The van der Waals surface area contributed by atoms with Gasteiger partial charge in [-0.3, -0.25) is 20.2 Å². The Morgan fingerprint density at radius 3 is 2.73 bits per heavy atom. The largest absolute Gasteiger partial charge is 0.508 e. The molecule has 4 rings (SSSR count). The quantitative estimate of drug-likeness (QED) is 0.423. The average Bonchev–Trinajstić information content (AvgIpc) is 3.00. The van der Waals surface area contributed by atoms with Crippen molar-refractivity contribution in [3.05, 3.63) is 69.4 Å². The van der Waals surface area contributed by atoms with Crippen LogP contribution in [0.1, 0.15) is 22.9 Å². The fraction of sp³-hybridized carbons (Fsp3) is 0.167. The fourth-order valence-electron chi connectivity index (χ4n) is 3.53. The second-order valence-corrected chi connectivity index (χ2v) is 6.26. The molecule has 0 amide bonds. The van der Waals surface area contributed by atoms with Crippen molar-refractivity contribution in [1.29, 1.82) is 0 Å². The molecule has 2 aromatic carbocycles. The van der Waals surface area contributed by atoms with E-state index in [0.717, 1.165) is 16.5 Å². The van der Waals surface area contributed by atoms with Crippen molar-refractivity contribution >= 4 is 22.6 Å². The van der Waals surface area contributed by atoms with Gasteiger partial charge >= 0.3 is 5.97 Å². The average molecular weight is 353 g/mol. The highest BCUT2D eigenvalue weighted by Crippen LogP contribution is 2.39. The molecule has 0 saturated carbocycles. The standard InChI is InChI=1S/C18H15N3O5/c22-15-6-5-9(21(25)26)7-12(15)17-16-11(8-14(20-17)18(23)24)10-3-1-2-4-13(10)19-16/h1-7,14,17,19-20,22H,8H2,(H,23,24)/t14-,17+/m0/s1. The maximum Gasteiger partial charge on any atom is 0.321 e. The Bertz CT molecular complexity index is 1040. The number of aromatic nitrogens is 1. The molecule has 8 nitrogen and oxygen atoms in total. The van der Waals surface area contributed by atoms with Gasteiger partial charge < -0.3 is 15.2 Å². The van der Waals surface area contributed by atoms with Crippen molar-refractivity contribution in [2.45, 2.75) is 18.5 Å². The third-order valence-electron chi connectivity index (χ3n) is 4.74. The fourth-order valence-corrected chi connectivity index (χ4v) is 3.53. The van der Waals surface area contributed by atoms with Crippen LogP contribution in [0, 0.1) is 10.1 Å². The summed E-state index contributed by atoms with van der Waals surface area (Å²) in [7, 11) is 0. The monoisotopic (exact) mass is 353 g/mol. The van der Waals surface area contributed by atoms with Crippen LogP contribution < -0.4 is 5.32 Å². The lowest BCUT2D eigenvalue weighted by atomic mass is 9.90. The molecule has 2 heterocycles. The first kappa shape index (κ1) is 16.1. The van der Waals surface area contributed by atoms with Crippen LogP contribution >= 0.6 is 0 Å². The molecule has 0 bridgehead atoms. The van der Waals surface area contributed by atoms with Crippen molar-refractivity contribution in [3.63, 3.8) is 0 Å². The molecule has 0 spiro atoms. The number of nitrogens with zero attached hydrogens (tertiary/aromatic N) is 1. The van der Waals surface area contributed by atoms with Crippen LogP contribution in [0.2, 0.25) is 0 Å². The predicted molar refractivity (Wildman–Crippen MR) is 93.2 cm³/mol. The Hall–Kier alpha value is -3.39. The number of non-ortho nitro benzene ring substituents is 1. The van der Waals surface area contributed by atoms with Gasteiger partial charge in [0.15, 0.2) is 0 Å². The van der Waals surface area contributed by atoms with E-state index in [-0.39, 0.29) is 23.4 Å². The zero-order valence-electron chi connectivity index (χ0n) is 13.5. The van der Waals surface area contributed by atoms with E-state index in [1.54, 1.807) is 0 Å². The van der Waals surface area contributed by atoms with E-state index in [9.17, 15) is 25.1 Å². The summed E-state index contributed by atoms with van der Waals surface area (Å²) < 4.78 is 0. The number of aliphatic carboxylic acids is 1. The number of nitro benzene ring substituents is 1. The van der Waals surface area contributed by atoms with Crippen LogP contribution in [0.5, 0.6) is 5.75 Å². The first-order valence-corrected chi connectivity index (χ1v) is 8.01. The molecule has 0 fully saturated rings. The summed E-state index contributed by atoms with van der Waals surface area (Å²) in [5.41, 5.74) is 2.48. The van der Waals surface area contributed by atoms with Gasteiger partial charge in [0.25, 0.3) is 5.69 Å². The van der Waals surface area contributed by atoms with Gasteiger partial charge in [0.2, 0.25) is 0 Å². The lowest BCUT2D eigenvalue weighted by Gasteiger charge is -2.29. The highest BCUT2D eigenvalue weighted by molar-refractivity contribution is 5.87. The normalized spacial score (nSPS) is 19.2. The summed E-state index contributed by atoms with van der Waals surface area (Å²) >= 11 is 0. The number of para-hydroxylation sites is 1. The highest BCUT2D eigenvalue weighted by Gasteiger charge is 2.35. The number of aromatic amines is 1. The van der Waals surface area contributed by atoms with E-state index in [1.807, 2.05) is 24.3 Å². The number of hydrogen-bond donors (Lipinski definition) is 4. The number of carboxylic acids is 1. The van der Waals surface area contributed by atoms with Crippen molar-refractivity contribution in [2.75, 3.05) is 0 Å². The zero-order valence-corrected chi connectivity index (χ0v) is 13.5. The van der Waals surface area contributed by atoms with Gasteiger partial charge in [-0.25, -0.2) is 0 Å². The molecule has 1 aliphatic rings. The van der Waals surface area contributed by atoms with Gasteiger partial charge in [-0.2, -0.15) is 0 Å². The Balaban J connectivity index is 1.93. The highest BCUT2D eigenvalue weighted by atomic mass is 16.6.